The van der Waals surface area contributed by atoms with E-state index in [1.165, 1.54) is 0 Å². The molecule has 3 heterocycles. The number of likely N-dealkylation sites (tertiary alicyclic amines) is 2. The van der Waals surface area contributed by atoms with Crippen molar-refractivity contribution in [1.82, 2.24) is 19.6 Å². The Balaban J connectivity index is 1.63. The lowest BCUT2D eigenvalue weighted by Gasteiger charge is -2.51. The predicted molar refractivity (Wildman–Crippen MR) is 99.8 cm³/mol. The molecule has 2 fully saturated rings. The van der Waals surface area contributed by atoms with Crippen LogP contribution in [-0.4, -0.2) is 69.3 Å². The van der Waals surface area contributed by atoms with Crippen molar-refractivity contribution < 1.29 is 14.7 Å². The number of aromatic nitrogens is 2. The molecular weight excluding hydrogens is 344 g/mol. The van der Waals surface area contributed by atoms with Gasteiger partial charge in [0.05, 0.1) is 16.7 Å². The number of carboxylic acids is 1. The van der Waals surface area contributed by atoms with Gasteiger partial charge < -0.3 is 14.9 Å². The second-order valence-corrected chi connectivity index (χ2v) is 7.53. The van der Waals surface area contributed by atoms with E-state index in [9.17, 15) is 14.7 Å². The summed E-state index contributed by atoms with van der Waals surface area (Å²) in [5.41, 5.74) is 0.577. The lowest BCUT2D eigenvalue weighted by molar-refractivity contribution is -0.161. The molecule has 2 atom stereocenters. The highest BCUT2D eigenvalue weighted by atomic mass is 16.4. The third-order valence-corrected chi connectivity index (χ3v) is 6.12. The minimum atomic E-state index is -0.745. The molecule has 2 aromatic rings. The Kier molecular flexibility index (Phi) is 4.47. The molecule has 0 saturated carbocycles. The zero-order valence-electron chi connectivity index (χ0n) is 15.4. The van der Waals surface area contributed by atoms with Gasteiger partial charge >= 0.3 is 5.97 Å². The first-order chi connectivity index (χ1) is 13.0. The fourth-order valence-electron chi connectivity index (χ4n) is 4.61. The molecule has 2 saturated heterocycles. The van der Waals surface area contributed by atoms with Gasteiger partial charge in [-0.15, -0.1) is 0 Å². The number of rotatable bonds is 3. The summed E-state index contributed by atoms with van der Waals surface area (Å²) in [5.74, 6) is -0.804. The Hall–Kier alpha value is -2.67. The molecule has 142 valence electrons. The van der Waals surface area contributed by atoms with E-state index in [1.807, 2.05) is 43.6 Å². The Morgan fingerprint density at radius 3 is 2.74 bits per heavy atom. The van der Waals surface area contributed by atoms with Gasteiger partial charge in [0.15, 0.2) is 0 Å². The Morgan fingerprint density at radius 1 is 1.19 bits per heavy atom. The molecule has 7 heteroatoms. The maximum absolute atomic E-state index is 13.3. The summed E-state index contributed by atoms with van der Waals surface area (Å²) in [7, 11) is 1.97. The van der Waals surface area contributed by atoms with Crippen LogP contribution < -0.4 is 0 Å². The van der Waals surface area contributed by atoms with Crippen LogP contribution in [0.15, 0.2) is 42.7 Å². The molecule has 1 aromatic carbocycles. The highest BCUT2D eigenvalue weighted by molar-refractivity contribution is 5.98. The minimum absolute atomic E-state index is 0.0703. The number of hydrogen-bond donors (Lipinski definition) is 1. The number of para-hydroxylation sites is 1. The number of amides is 1. The second-order valence-electron chi connectivity index (χ2n) is 7.53. The first-order valence-corrected chi connectivity index (χ1v) is 9.35. The molecule has 1 N–H and O–H groups in total. The van der Waals surface area contributed by atoms with Crippen LogP contribution >= 0.6 is 0 Å². The van der Waals surface area contributed by atoms with Gasteiger partial charge in [-0.3, -0.25) is 9.59 Å². The number of fused-ring (bicyclic) bond motifs is 1. The van der Waals surface area contributed by atoms with E-state index in [4.69, 9.17) is 0 Å². The van der Waals surface area contributed by atoms with E-state index in [2.05, 4.69) is 10.00 Å². The quantitative estimate of drug-likeness (QED) is 0.895. The summed E-state index contributed by atoms with van der Waals surface area (Å²) in [4.78, 5) is 29.3. The number of piperidine rings is 2. The summed E-state index contributed by atoms with van der Waals surface area (Å²) in [6.45, 7) is 1.77. The largest absolute Gasteiger partial charge is 0.481 e. The van der Waals surface area contributed by atoms with Crippen molar-refractivity contribution in [3.05, 3.63) is 48.3 Å². The fourth-order valence-corrected chi connectivity index (χ4v) is 4.61. The summed E-state index contributed by atoms with van der Waals surface area (Å²) in [6.07, 6.45) is 5.55. The molecule has 0 spiro atoms. The predicted octanol–water partition coefficient (Wildman–Crippen LogP) is 1.88. The number of likely N-dealkylation sites (N-methyl/N-ethyl adjacent to an activating group) is 1. The number of hydrogen-bond acceptors (Lipinski definition) is 4. The molecule has 0 bridgehead atoms. The number of carbonyl (C=O) groups excluding carboxylic acids is 1. The molecule has 4 rings (SSSR count). The van der Waals surface area contributed by atoms with Crippen LogP contribution in [-0.2, 0) is 4.79 Å². The van der Waals surface area contributed by atoms with Crippen molar-refractivity contribution in [3.63, 3.8) is 0 Å². The number of benzene rings is 1. The summed E-state index contributed by atoms with van der Waals surface area (Å²) < 4.78 is 1.69. The van der Waals surface area contributed by atoms with Gasteiger partial charge in [0.2, 0.25) is 0 Å². The Bertz CT molecular complexity index is 851. The van der Waals surface area contributed by atoms with E-state index in [1.54, 1.807) is 15.8 Å². The van der Waals surface area contributed by atoms with E-state index in [-0.39, 0.29) is 11.9 Å². The molecule has 1 aromatic heterocycles. The van der Waals surface area contributed by atoms with Gasteiger partial charge in [-0.2, -0.15) is 5.10 Å². The van der Waals surface area contributed by atoms with Crippen LogP contribution in [0.2, 0.25) is 0 Å². The molecule has 0 aliphatic carbocycles. The smallest absolute Gasteiger partial charge is 0.311 e. The SMILES string of the molecule is CN1CCC[C@]2(C(=O)O)CCN(C(=O)c3ccccc3-n3cccn3)C[C@@H]12. The summed E-state index contributed by atoms with van der Waals surface area (Å²) >= 11 is 0. The molecule has 2 aliphatic rings. The van der Waals surface area contributed by atoms with Crippen LogP contribution in [0.5, 0.6) is 0 Å². The van der Waals surface area contributed by atoms with E-state index in [0.29, 0.717) is 31.5 Å². The number of aliphatic carboxylic acids is 1. The highest BCUT2D eigenvalue weighted by Gasteiger charge is 2.52. The molecule has 0 unspecified atom stereocenters. The van der Waals surface area contributed by atoms with Gasteiger partial charge in [-0.1, -0.05) is 12.1 Å². The van der Waals surface area contributed by atoms with Crippen LogP contribution in [0.25, 0.3) is 5.69 Å². The average molecular weight is 368 g/mol. The van der Waals surface area contributed by atoms with Crippen molar-refractivity contribution in [2.45, 2.75) is 25.3 Å². The van der Waals surface area contributed by atoms with Gasteiger partial charge in [-0.25, -0.2) is 4.68 Å². The van der Waals surface area contributed by atoms with Gasteiger partial charge in [-0.05, 0) is 51.1 Å². The third kappa shape index (κ3) is 2.92. The number of nitrogens with zero attached hydrogens (tertiary/aromatic N) is 4. The lowest BCUT2D eigenvalue weighted by Crippen LogP contribution is -2.63. The number of carbonyl (C=O) groups is 2. The third-order valence-electron chi connectivity index (χ3n) is 6.12. The molecular formula is C20H24N4O3. The summed E-state index contributed by atoms with van der Waals surface area (Å²) in [6, 6.07) is 9.08. The highest BCUT2D eigenvalue weighted by Crippen LogP contribution is 2.42. The normalized spacial score (nSPS) is 25.8. The van der Waals surface area contributed by atoms with Gasteiger partial charge in [0.25, 0.3) is 5.91 Å². The van der Waals surface area contributed by atoms with Gasteiger partial charge in [0.1, 0.15) is 0 Å². The van der Waals surface area contributed by atoms with E-state index < -0.39 is 11.4 Å². The molecule has 1 amide bonds. The van der Waals surface area contributed by atoms with Gasteiger partial charge in [0, 0.05) is 31.5 Å². The van der Waals surface area contributed by atoms with Crippen molar-refractivity contribution in [2.75, 3.05) is 26.7 Å². The van der Waals surface area contributed by atoms with Crippen molar-refractivity contribution in [2.24, 2.45) is 5.41 Å². The zero-order chi connectivity index (χ0) is 19.0. The van der Waals surface area contributed by atoms with Crippen LogP contribution in [0, 0.1) is 5.41 Å². The van der Waals surface area contributed by atoms with E-state index in [0.717, 1.165) is 18.7 Å². The second kappa shape index (κ2) is 6.81. The van der Waals surface area contributed by atoms with Crippen molar-refractivity contribution in [3.8, 4) is 5.69 Å². The minimum Gasteiger partial charge on any atom is -0.481 e. The molecule has 0 radical (unpaired) electrons. The van der Waals surface area contributed by atoms with Crippen molar-refractivity contribution in [1.29, 1.82) is 0 Å². The molecule has 2 aliphatic heterocycles. The van der Waals surface area contributed by atoms with Crippen LogP contribution in [0.3, 0.4) is 0 Å². The van der Waals surface area contributed by atoms with E-state index >= 15 is 0 Å². The van der Waals surface area contributed by atoms with Crippen LogP contribution in [0.4, 0.5) is 0 Å². The topological polar surface area (TPSA) is 78.7 Å². The van der Waals surface area contributed by atoms with Crippen molar-refractivity contribution >= 4 is 11.9 Å². The fraction of sp³-hybridized carbons (Fsp3) is 0.450. The summed E-state index contributed by atoms with van der Waals surface area (Å²) in [5, 5.41) is 14.2. The first-order valence-electron chi connectivity index (χ1n) is 9.35. The molecule has 7 nitrogen and oxygen atoms in total. The average Bonchev–Trinajstić information content (AvgIpc) is 3.22. The Labute approximate surface area is 158 Å². The molecule has 27 heavy (non-hydrogen) atoms. The monoisotopic (exact) mass is 368 g/mol. The Morgan fingerprint density at radius 2 is 2.00 bits per heavy atom. The zero-order valence-corrected chi connectivity index (χ0v) is 15.4. The number of carboxylic acid groups (broad SMARTS) is 1. The maximum Gasteiger partial charge on any atom is 0.311 e. The lowest BCUT2D eigenvalue weighted by atomic mass is 9.68. The van der Waals surface area contributed by atoms with Crippen LogP contribution in [0.1, 0.15) is 29.6 Å². The first kappa shape index (κ1) is 17.7. The standard InChI is InChI=1S/C20H24N4O3/c1-22-11-4-8-20(19(26)27)9-13-23(14-17(20)22)18(25)15-6-2-3-7-16(15)24-12-5-10-21-24/h2-3,5-7,10,12,17H,4,8-9,11,13-14H2,1H3,(H,26,27)/t17-,20+/m1/s1. The maximum atomic E-state index is 13.3.